The van der Waals surface area contributed by atoms with Crippen LogP contribution in [0.4, 0.5) is 0 Å². The summed E-state index contributed by atoms with van der Waals surface area (Å²) in [5.74, 6) is -3.90. The summed E-state index contributed by atoms with van der Waals surface area (Å²) in [5.41, 5.74) is -4.91. The third-order valence-electron chi connectivity index (χ3n) is 8.49. The maximum absolute atomic E-state index is 14.5. The van der Waals surface area contributed by atoms with E-state index in [0.29, 0.717) is 0 Å². The summed E-state index contributed by atoms with van der Waals surface area (Å²) in [7, 11) is 2.70. The minimum atomic E-state index is -3.20. The van der Waals surface area contributed by atoms with E-state index in [-0.39, 0.29) is 34.7 Å². The summed E-state index contributed by atoms with van der Waals surface area (Å²) in [6.45, 7) is 3.99. The lowest BCUT2D eigenvalue weighted by Gasteiger charge is -2.57. The third kappa shape index (κ3) is 3.02. The molecule has 4 aliphatic rings. The number of aliphatic hydroxyl groups excluding tert-OH is 1. The number of hydrogen-bond donors (Lipinski definition) is 6. The fourth-order valence-corrected chi connectivity index (χ4v) is 6.61. The lowest BCUT2D eigenvalue weighted by Crippen LogP contribution is -2.77. The summed E-state index contributed by atoms with van der Waals surface area (Å²) < 4.78 is 16.8. The van der Waals surface area contributed by atoms with Crippen molar-refractivity contribution in [3.8, 4) is 11.5 Å². The van der Waals surface area contributed by atoms with Gasteiger partial charge in [0.15, 0.2) is 11.6 Å². The first-order valence-electron chi connectivity index (χ1n) is 12.2. The highest BCUT2D eigenvalue weighted by atomic mass is 16.5. The Bertz CT molecular complexity index is 1450. The Balaban J connectivity index is 1.93. The molecule has 5 rings (SSSR count). The first kappa shape index (κ1) is 27.0. The zero-order valence-electron chi connectivity index (χ0n) is 22.0. The van der Waals surface area contributed by atoms with Crippen LogP contribution in [0.15, 0.2) is 29.0 Å². The lowest BCUT2D eigenvalue weighted by molar-refractivity contribution is -0.234. The fraction of sp³-hybridized carbons (Fsp3) is 0.481. The van der Waals surface area contributed by atoms with Crippen LogP contribution in [0.3, 0.4) is 0 Å². The van der Waals surface area contributed by atoms with Crippen molar-refractivity contribution in [1.29, 1.82) is 5.41 Å². The van der Waals surface area contributed by atoms with E-state index in [4.69, 9.17) is 25.4 Å². The number of carbonyl (C=O) groups excluding carboxylic acids is 3. The molecule has 208 valence electrons. The maximum Gasteiger partial charge on any atom is 0.217 e. The number of nitrogens with two attached hydrogens (primary N) is 1. The zero-order chi connectivity index (χ0) is 29.0. The summed E-state index contributed by atoms with van der Waals surface area (Å²) in [6.07, 6.45) is -4.28. The Morgan fingerprint density at radius 2 is 1.79 bits per heavy atom. The van der Waals surface area contributed by atoms with Crippen molar-refractivity contribution < 1.29 is 49.0 Å². The van der Waals surface area contributed by atoms with Gasteiger partial charge in [-0.15, -0.1) is 0 Å². The van der Waals surface area contributed by atoms with Crippen molar-refractivity contribution >= 4 is 28.8 Å². The van der Waals surface area contributed by atoms with Crippen molar-refractivity contribution in [2.24, 2.45) is 11.1 Å². The largest absolute Gasteiger partial charge is 0.508 e. The first-order valence-corrected chi connectivity index (χ1v) is 12.2. The van der Waals surface area contributed by atoms with Gasteiger partial charge in [-0.3, -0.25) is 14.4 Å². The highest BCUT2D eigenvalue weighted by Crippen LogP contribution is 2.64. The molecule has 7 N–H and O–H groups in total. The van der Waals surface area contributed by atoms with Gasteiger partial charge in [0.1, 0.15) is 29.0 Å². The molecule has 1 spiro atoms. The average Bonchev–Trinajstić information content (AvgIpc) is 3.27. The molecule has 2 fully saturated rings. The molecule has 5 atom stereocenters. The van der Waals surface area contributed by atoms with E-state index in [1.807, 2.05) is 0 Å². The molecule has 0 unspecified atom stereocenters. The zero-order valence-corrected chi connectivity index (χ0v) is 22.0. The molecule has 1 saturated carbocycles. The van der Waals surface area contributed by atoms with E-state index in [9.17, 15) is 34.8 Å². The molecule has 1 aliphatic heterocycles. The summed E-state index contributed by atoms with van der Waals surface area (Å²) >= 11 is 0. The van der Waals surface area contributed by atoms with Gasteiger partial charge < -0.3 is 45.8 Å². The van der Waals surface area contributed by atoms with E-state index < -0.39 is 80.8 Å². The van der Waals surface area contributed by atoms with Crippen molar-refractivity contribution in [1.82, 2.24) is 0 Å². The maximum atomic E-state index is 14.5. The van der Waals surface area contributed by atoms with Gasteiger partial charge in [0.25, 0.3) is 0 Å². The molecule has 0 bridgehead atoms. The summed E-state index contributed by atoms with van der Waals surface area (Å²) in [6, 6.07) is 2.84. The van der Waals surface area contributed by atoms with E-state index in [2.05, 4.69) is 0 Å². The second kappa shape index (κ2) is 7.98. The quantitative estimate of drug-likeness (QED) is 0.286. The van der Waals surface area contributed by atoms with E-state index in [1.54, 1.807) is 0 Å². The topological polar surface area (TPSA) is 210 Å². The van der Waals surface area contributed by atoms with Gasteiger partial charge in [-0.2, -0.15) is 0 Å². The van der Waals surface area contributed by atoms with Gasteiger partial charge in [0.2, 0.25) is 11.4 Å². The van der Waals surface area contributed by atoms with E-state index in [1.165, 1.54) is 47.1 Å². The predicted molar refractivity (Wildman–Crippen MR) is 135 cm³/mol. The van der Waals surface area contributed by atoms with Gasteiger partial charge in [-0.25, -0.2) is 0 Å². The standard InChI is InChI=1S/C27H30N2O10/c1-10(28)16-13(30)8-26(35)23-25(9-15(39-23)24(2,3)34)18(22(33)27(26,36)21(16)32)19(29)17-12(20(25)31)6-11(37-4)7-14(17)38-5/h6-7,15,23,28,32,34-36H,8-9,29H2,1-5H3/t15-,23+,25+,26+,27-/m0/s1. The number of rotatable bonds is 4. The van der Waals surface area contributed by atoms with Gasteiger partial charge >= 0.3 is 0 Å². The Labute approximate surface area is 223 Å². The number of ketones is 3. The highest BCUT2D eigenvalue weighted by molar-refractivity contribution is 6.28. The first-order chi connectivity index (χ1) is 18.0. The van der Waals surface area contributed by atoms with Crippen LogP contribution in [-0.4, -0.2) is 86.7 Å². The molecule has 39 heavy (non-hydrogen) atoms. The molecule has 1 saturated heterocycles. The smallest absolute Gasteiger partial charge is 0.217 e. The normalized spacial score (nSPS) is 33.9. The van der Waals surface area contributed by atoms with Crippen LogP contribution in [0.5, 0.6) is 11.5 Å². The monoisotopic (exact) mass is 542 g/mol. The number of nitrogens with one attached hydrogen (secondary N) is 1. The van der Waals surface area contributed by atoms with E-state index >= 15 is 0 Å². The molecule has 1 heterocycles. The number of methoxy groups -OCH3 is 2. The van der Waals surface area contributed by atoms with Crippen molar-refractivity contribution in [2.75, 3.05) is 14.2 Å². The van der Waals surface area contributed by atoms with Gasteiger partial charge in [-0.05, 0) is 33.3 Å². The molecule has 0 amide bonds. The van der Waals surface area contributed by atoms with Crippen molar-refractivity contribution in [3.05, 3.63) is 40.2 Å². The molecule has 0 aromatic heterocycles. The second-order valence-electron chi connectivity index (χ2n) is 11.1. The molecule has 12 nitrogen and oxygen atoms in total. The predicted octanol–water partition coefficient (Wildman–Crippen LogP) is 0.354. The SMILES string of the molecule is COc1cc(OC)c2c(c1)C(=O)[C@]13C[C@@H](C(C)(C)O)O[C@H]1[C@]1(O)CC(=O)C(C(C)=N)=C(O)[C@]1(O)C(=O)C3=C2N. The number of aliphatic hydroxyl groups is 4. The molecule has 1 aromatic carbocycles. The molecular formula is C27H30N2O10. The summed E-state index contributed by atoms with van der Waals surface area (Å²) in [4.78, 5) is 41.9. The Morgan fingerprint density at radius 3 is 2.33 bits per heavy atom. The van der Waals surface area contributed by atoms with Gasteiger partial charge in [0, 0.05) is 29.3 Å². The Hall–Kier alpha value is -3.58. The highest BCUT2D eigenvalue weighted by Gasteiger charge is 2.80. The number of allylic oxidation sites excluding steroid dienone is 1. The van der Waals surface area contributed by atoms with E-state index in [0.717, 1.165) is 0 Å². The molecule has 1 aromatic rings. The molecule has 12 heteroatoms. The number of carbonyl (C=O) groups is 3. The molecule has 3 aliphatic carbocycles. The molecule has 0 radical (unpaired) electrons. The van der Waals surface area contributed by atoms with Crippen molar-refractivity contribution in [2.45, 2.75) is 62.6 Å². The summed E-state index contributed by atoms with van der Waals surface area (Å²) in [5, 5.41) is 54.0. The number of hydrogen-bond acceptors (Lipinski definition) is 12. The Morgan fingerprint density at radius 1 is 1.15 bits per heavy atom. The number of ether oxygens (including phenoxy) is 3. The Kier molecular flexibility index (Phi) is 5.52. The fourth-order valence-electron chi connectivity index (χ4n) is 6.61. The van der Waals surface area contributed by atoms with Crippen LogP contribution in [-0.2, 0) is 14.3 Å². The van der Waals surface area contributed by atoms with Crippen LogP contribution < -0.4 is 15.2 Å². The van der Waals surface area contributed by atoms with Gasteiger partial charge in [0.05, 0.1) is 48.2 Å². The number of fused-ring (bicyclic) bond motifs is 3. The van der Waals surface area contributed by atoms with Crippen LogP contribution in [0.1, 0.15) is 49.5 Å². The minimum Gasteiger partial charge on any atom is -0.508 e. The average molecular weight is 543 g/mol. The van der Waals surface area contributed by atoms with Crippen LogP contribution in [0.25, 0.3) is 5.70 Å². The minimum absolute atomic E-state index is 0.0165. The van der Waals surface area contributed by atoms with Crippen molar-refractivity contribution in [3.63, 3.8) is 0 Å². The number of Topliss-reactive ketones (excluding diaryl/α,β-unsaturated/α-hetero) is 3. The van der Waals surface area contributed by atoms with Crippen LogP contribution >= 0.6 is 0 Å². The van der Waals surface area contributed by atoms with Crippen LogP contribution in [0, 0.1) is 10.8 Å². The third-order valence-corrected chi connectivity index (χ3v) is 8.49. The van der Waals surface area contributed by atoms with Crippen LogP contribution in [0.2, 0.25) is 0 Å². The number of benzene rings is 1. The second-order valence-corrected chi connectivity index (χ2v) is 11.1. The van der Waals surface area contributed by atoms with Gasteiger partial charge in [-0.1, -0.05) is 0 Å². The molecular weight excluding hydrogens is 512 g/mol. The lowest BCUT2D eigenvalue weighted by atomic mass is 9.48.